The highest BCUT2D eigenvalue weighted by Gasteiger charge is 2.36. The van der Waals surface area contributed by atoms with Crippen LogP contribution in [0.25, 0.3) is 0 Å². The molecule has 3 N–H and O–H groups in total. The van der Waals surface area contributed by atoms with Gasteiger partial charge in [-0.05, 0) is 35.9 Å². The maximum Gasteiger partial charge on any atom is 0.416 e. The molecule has 0 bridgehead atoms. The van der Waals surface area contributed by atoms with Crippen molar-refractivity contribution in [2.75, 3.05) is 0 Å². The minimum absolute atomic E-state index is 0.0142. The number of rotatable bonds is 6. The molecule has 1 saturated heterocycles. The van der Waals surface area contributed by atoms with Gasteiger partial charge in [-0.1, -0.05) is 91.0 Å². The van der Waals surface area contributed by atoms with Crippen LogP contribution in [0.5, 0.6) is 0 Å². The predicted molar refractivity (Wildman–Crippen MR) is 117 cm³/mol. The fourth-order valence-corrected chi connectivity index (χ4v) is 3.97. The van der Waals surface area contributed by atoms with Crippen LogP contribution in [0.15, 0.2) is 91.0 Å². The average Bonchev–Trinajstić information content (AvgIpc) is 2.75. The van der Waals surface area contributed by atoms with E-state index in [-0.39, 0.29) is 19.2 Å². The first kappa shape index (κ1) is 18.9. The van der Waals surface area contributed by atoms with Gasteiger partial charge in [-0.3, -0.25) is 0 Å². The van der Waals surface area contributed by atoms with Gasteiger partial charge in [-0.25, -0.2) is 0 Å². The Labute approximate surface area is 168 Å². The zero-order chi connectivity index (χ0) is 19.2. The Balaban J connectivity index is 1.51. The van der Waals surface area contributed by atoms with E-state index in [0.29, 0.717) is 6.04 Å². The molecule has 3 aromatic carbocycles. The highest BCUT2D eigenvalue weighted by atomic mass is 16.5. The van der Waals surface area contributed by atoms with Gasteiger partial charge in [0.15, 0.2) is 0 Å². The molecular formula is C24H27BN2O. The molecule has 1 fully saturated rings. The Morgan fingerprint density at radius 2 is 1.43 bits per heavy atom. The lowest BCUT2D eigenvalue weighted by Crippen LogP contribution is -2.62. The number of nitrogens with one attached hydrogen (secondary N) is 1. The third-order valence-corrected chi connectivity index (χ3v) is 5.43. The molecule has 1 heterocycles. The Hall–Kier alpha value is -2.40. The van der Waals surface area contributed by atoms with E-state index in [2.05, 4.69) is 84.1 Å². The second kappa shape index (κ2) is 9.20. The van der Waals surface area contributed by atoms with Gasteiger partial charge in [-0.2, -0.15) is 0 Å². The summed E-state index contributed by atoms with van der Waals surface area (Å²) in [6.45, 7) is 0. The molecule has 0 spiro atoms. The lowest BCUT2D eigenvalue weighted by atomic mass is 9.69. The highest BCUT2D eigenvalue weighted by molar-refractivity contribution is 6.65. The molecule has 1 aliphatic heterocycles. The molecule has 28 heavy (non-hydrogen) atoms. The summed E-state index contributed by atoms with van der Waals surface area (Å²) in [5.41, 5.74) is 10.4. The molecule has 0 radical (unpaired) electrons. The lowest BCUT2D eigenvalue weighted by Gasteiger charge is -2.38. The van der Waals surface area contributed by atoms with Crippen LogP contribution in [0.4, 0.5) is 0 Å². The van der Waals surface area contributed by atoms with Crippen LogP contribution in [0, 0.1) is 0 Å². The maximum atomic E-state index is 6.62. The van der Waals surface area contributed by atoms with Gasteiger partial charge < -0.3 is 15.6 Å². The first-order valence-corrected chi connectivity index (χ1v) is 10.1. The van der Waals surface area contributed by atoms with Crippen molar-refractivity contribution in [2.45, 2.75) is 37.5 Å². The van der Waals surface area contributed by atoms with Crippen molar-refractivity contribution in [1.29, 1.82) is 0 Å². The highest BCUT2D eigenvalue weighted by Crippen LogP contribution is 2.19. The summed E-state index contributed by atoms with van der Waals surface area (Å²) in [6, 6.07) is 31.7. The number of benzene rings is 3. The topological polar surface area (TPSA) is 47.3 Å². The van der Waals surface area contributed by atoms with Crippen LogP contribution in [-0.4, -0.2) is 25.2 Å². The van der Waals surface area contributed by atoms with Gasteiger partial charge in [0, 0.05) is 12.1 Å². The lowest BCUT2D eigenvalue weighted by molar-refractivity contribution is 0.122. The molecule has 0 saturated carbocycles. The second-order valence-electron chi connectivity index (χ2n) is 7.61. The molecule has 3 aromatic rings. The molecule has 0 aliphatic carbocycles. The summed E-state index contributed by atoms with van der Waals surface area (Å²) in [5, 5.41) is 3.69. The van der Waals surface area contributed by atoms with E-state index in [9.17, 15) is 0 Å². The van der Waals surface area contributed by atoms with Gasteiger partial charge in [-0.15, -0.1) is 0 Å². The normalized spacial score (nSPS) is 20.7. The van der Waals surface area contributed by atoms with Gasteiger partial charge >= 0.3 is 7.05 Å². The fourth-order valence-electron chi connectivity index (χ4n) is 3.97. The molecule has 4 rings (SSSR count). The van der Waals surface area contributed by atoms with Crippen molar-refractivity contribution >= 4 is 12.5 Å². The quantitative estimate of drug-likeness (QED) is 0.656. The largest absolute Gasteiger partial charge is 0.416 e. The van der Waals surface area contributed by atoms with Crippen LogP contribution in [-0.2, 0) is 17.5 Å². The second-order valence-corrected chi connectivity index (χ2v) is 7.61. The summed E-state index contributed by atoms with van der Waals surface area (Å²) < 4.78 is 6.44. The van der Waals surface area contributed by atoms with Crippen LogP contribution in [0.3, 0.4) is 0 Å². The van der Waals surface area contributed by atoms with Gasteiger partial charge in [0.25, 0.3) is 0 Å². The molecule has 3 atom stereocenters. The smallest absolute Gasteiger partial charge is 0.413 e. The van der Waals surface area contributed by atoms with E-state index in [1.54, 1.807) is 0 Å². The summed E-state index contributed by atoms with van der Waals surface area (Å²) in [6.07, 6.45) is 2.72. The van der Waals surface area contributed by atoms with Gasteiger partial charge in [0.2, 0.25) is 0 Å². The predicted octanol–water partition coefficient (Wildman–Crippen LogP) is 2.94. The minimum Gasteiger partial charge on any atom is -0.413 e. The van der Waals surface area contributed by atoms with Crippen LogP contribution < -0.4 is 16.4 Å². The Morgan fingerprint density at radius 1 is 0.857 bits per heavy atom. The number of hydrogen-bond acceptors (Lipinski definition) is 3. The zero-order valence-corrected chi connectivity index (χ0v) is 16.1. The monoisotopic (exact) mass is 370 g/mol. The van der Waals surface area contributed by atoms with E-state index in [0.717, 1.165) is 24.7 Å². The van der Waals surface area contributed by atoms with E-state index in [1.807, 2.05) is 12.1 Å². The van der Waals surface area contributed by atoms with Crippen LogP contribution in [0.1, 0.15) is 17.5 Å². The van der Waals surface area contributed by atoms with Crippen molar-refractivity contribution in [2.24, 2.45) is 5.73 Å². The van der Waals surface area contributed by atoms with E-state index in [4.69, 9.17) is 10.4 Å². The molecular weight excluding hydrogens is 343 g/mol. The summed E-state index contributed by atoms with van der Waals surface area (Å²) >= 11 is 0. The zero-order valence-electron chi connectivity index (χ0n) is 16.1. The Kier molecular flexibility index (Phi) is 6.22. The molecule has 0 amide bonds. The molecule has 1 aliphatic rings. The molecule has 142 valence electrons. The van der Waals surface area contributed by atoms with E-state index >= 15 is 0 Å². The average molecular weight is 370 g/mol. The van der Waals surface area contributed by atoms with Crippen molar-refractivity contribution in [3.63, 3.8) is 0 Å². The summed E-state index contributed by atoms with van der Waals surface area (Å²) in [5.74, 6) is 0. The minimum atomic E-state index is -0.129. The maximum absolute atomic E-state index is 6.62. The number of nitrogens with two attached hydrogens (primary N) is 1. The standard InChI is InChI=1S/C24H27BN2O/c26-23(17-20-12-6-2-7-13-20)24-18-22(16-19-10-4-1-5-11-19)27-25(28-24)21-14-8-3-9-15-21/h1-15,22-24,27H,16-18,26H2/t22-,23-,24-/m0/s1. The molecule has 0 unspecified atom stereocenters. The fraction of sp³-hybridized carbons (Fsp3) is 0.250. The van der Waals surface area contributed by atoms with Crippen LogP contribution >= 0.6 is 0 Å². The molecule has 4 heteroatoms. The van der Waals surface area contributed by atoms with Crippen molar-refractivity contribution in [3.05, 3.63) is 102 Å². The number of hydrogen-bond donors (Lipinski definition) is 2. The third kappa shape index (κ3) is 4.90. The molecule has 0 aromatic heterocycles. The first-order chi connectivity index (χ1) is 13.8. The summed E-state index contributed by atoms with van der Waals surface area (Å²) in [7, 11) is -0.129. The Bertz CT molecular complexity index is 844. The van der Waals surface area contributed by atoms with Crippen molar-refractivity contribution in [3.8, 4) is 0 Å². The first-order valence-electron chi connectivity index (χ1n) is 10.1. The summed E-state index contributed by atoms with van der Waals surface area (Å²) in [4.78, 5) is 0. The van der Waals surface area contributed by atoms with Crippen molar-refractivity contribution in [1.82, 2.24) is 5.23 Å². The SMILES string of the molecule is N[C@@H](Cc1ccccc1)[C@@H]1C[C@H](Cc2ccccc2)NB(c2ccccc2)O1. The van der Waals surface area contributed by atoms with Gasteiger partial charge in [0.05, 0.1) is 6.10 Å². The molecule has 3 nitrogen and oxygen atoms in total. The van der Waals surface area contributed by atoms with E-state index in [1.165, 1.54) is 11.1 Å². The van der Waals surface area contributed by atoms with E-state index < -0.39 is 0 Å². The Morgan fingerprint density at radius 3 is 2.07 bits per heavy atom. The van der Waals surface area contributed by atoms with Crippen molar-refractivity contribution < 1.29 is 4.65 Å². The van der Waals surface area contributed by atoms with Gasteiger partial charge in [0.1, 0.15) is 0 Å². The van der Waals surface area contributed by atoms with Crippen LogP contribution in [0.2, 0.25) is 0 Å². The third-order valence-electron chi connectivity index (χ3n) is 5.43.